The van der Waals surface area contributed by atoms with Crippen molar-refractivity contribution in [3.63, 3.8) is 0 Å². The van der Waals surface area contributed by atoms with Gasteiger partial charge in [-0.2, -0.15) is 13.2 Å². The maximum atomic E-state index is 12.7. The number of aliphatic imine (C=N–C) groups is 1. The van der Waals surface area contributed by atoms with Crippen molar-refractivity contribution in [1.82, 2.24) is 25.2 Å². The van der Waals surface area contributed by atoms with Crippen molar-refractivity contribution < 1.29 is 13.2 Å². The maximum Gasteiger partial charge on any atom is 0.434 e. The predicted molar refractivity (Wildman–Crippen MR) is 107 cm³/mol. The van der Waals surface area contributed by atoms with Gasteiger partial charge in [0, 0.05) is 30.9 Å². The number of hydrogen-bond acceptors (Lipinski definition) is 4. The third kappa shape index (κ3) is 6.31. The molecule has 29 heavy (non-hydrogen) atoms. The number of halogens is 3. The van der Waals surface area contributed by atoms with Gasteiger partial charge in [0.2, 0.25) is 0 Å². The molecular weight excluding hydrogens is 401 g/mol. The molecule has 0 aliphatic heterocycles. The number of imidazole rings is 1. The zero-order chi connectivity index (χ0) is 20.7. The molecule has 0 saturated carbocycles. The summed E-state index contributed by atoms with van der Waals surface area (Å²) >= 11 is 0.971. The van der Waals surface area contributed by atoms with Crippen LogP contribution in [0.5, 0.6) is 0 Å². The van der Waals surface area contributed by atoms with Crippen molar-refractivity contribution in [3.05, 3.63) is 70.2 Å². The van der Waals surface area contributed by atoms with Crippen LogP contribution in [0.1, 0.15) is 28.8 Å². The fourth-order valence-corrected chi connectivity index (χ4v) is 3.35. The lowest BCUT2D eigenvalue weighted by Gasteiger charge is -2.10. The SMILES string of the molecule is CCNC(=NCc1cccc(Cn2ccnc2)c1)NCc1nc(C(F)(F)F)cs1. The standard InChI is InChI=1S/C19H21F3N6S/c1-2-24-18(26-10-17-27-16(12-29-17)19(20,21)22)25-9-14-4-3-5-15(8-14)11-28-7-6-23-13-28/h3-8,12-13H,2,9-11H2,1H3,(H2,24,25,26). The topological polar surface area (TPSA) is 67.1 Å². The van der Waals surface area contributed by atoms with Crippen molar-refractivity contribution in [2.75, 3.05) is 6.54 Å². The number of nitrogens with one attached hydrogen (secondary N) is 2. The van der Waals surface area contributed by atoms with Crippen LogP contribution in [0.15, 0.2) is 53.4 Å². The molecule has 0 radical (unpaired) electrons. The summed E-state index contributed by atoms with van der Waals surface area (Å²) in [6, 6.07) is 8.08. The number of alkyl halides is 3. The molecule has 0 fully saturated rings. The summed E-state index contributed by atoms with van der Waals surface area (Å²) in [4.78, 5) is 12.2. The van der Waals surface area contributed by atoms with Crippen LogP contribution in [0.4, 0.5) is 13.2 Å². The van der Waals surface area contributed by atoms with Gasteiger partial charge in [0.25, 0.3) is 0 Å². The van der Waals surface area contributed by atoms with E-state index in [9.17, 15) is 13.2 Å². The van der Waals surface area contributed by atoms with Gasteiger partial charge < -0.3 is 15.2 Å². The number of benzene rings is 1. The molecule has 2 aromatic heterocycles. The lowest BCUT2D eigenvalue weighted by Crippen LogP contribution is -2.36. The molecule has 0 amide bonds. The van der Waals surface area contributed by atoms with Crippen molar-refractivity contribution in [2.24, 2.45) is 4.99 Å². The molecule has 0 spiro atoms. The third-order valence-corrected chi connectivity index (χ3v) is 4.78. The highest BCUT2D eigenvalue weighted by atomic mass is 32.1. The van der Waals surface area contributed by atoms with E-state index in [-0.39, 0.29) is 6.54 Å². The van der Waals surface area contributed by atoms with Gasteiger partial charge in [0.15, 0.2) is 11.7 Å². The van der Waals surface area contributed by atoms with Crippen LogP contribution in [-0.2, 0) is 25.8 Å². The Morgan fingerprint density at radius 2 is 2.07 bits per heavy atom. The van der Waals surface area contributed by atoms with Crippen LogP contribution in [0.3, 0.4) is 0 Å². The Bertz CT molecular complexity index is 934. The molecule has 6 nitrogen and oxygen atoms in total. The largest absolute Gasteiger partial charge is 0.434 e. The molecule has 154 valence electrons. The first-order valence-corrected chi connectivity index (χ1v) is 9.89. The van der Waals surface area contributed by atoms with E-state index in [0.717, 1.165) is 34.4 Å². The first-order chi connectivity index (χ1) is 13.9. The minimum Gasteiger partial charge on any atom is -0.357 e. The average Bonchev–Trinajstić information content (AvgIpc) is 3.36. The molecule has 0 atom stereocenters. The van der Waals surface area contributed by atoms with Gasteiger partial charge in [0.1, 0.15) is 5.01 Å². The maximum absolute atomic E-state index is 12.7. The Morgan fingerprint density at radius 1 is 1.24 bits per heavy atom. The number of guanidine groups is 1. The molecule has 2 N–H and O–H groups in total. The van der Waals surface area contributed by atoms with E-state index < -0.39 is 11.9 Å². The van der Waals surface area contributed by atoms with Gasteiger partial charge in [-0.1, -0.05) is 24.3 Å². The summed E-state index contributed by atoms with van der Waals surface area (Å²) in [5.41, 5.74) is 1.31. The quantitative estimate of drug-likeness (QED) is 0.451. The highest BCUT2D eigenvalue weighted by Gasteiger charge is 2.33. The van der Waals surface area contributed by atoms with E-state index in [1.165, 1.54) is 0 Å². The van der Waals surface area contributed by atoms with E-state index in [1.54, 1.807) is 12.5 Å². The van der Waals surface area contributed by atoms with Gasteiger partial charge in [-0.05, 0) is 18.1 Å². The number of rotatable bonds is 7. The minimum absolute atomic E-state index is 0.174. The molecule has 2 heterocycles. The van der Waals surface area contributed by atoms with E-state index in [1.807, 2.05) is 35.9 Å². The summed E-state index contributed by atoms with van der Waals surface area (Å²) < 4.78 is 40.0. The zero-order valence-electron chi connectivity index (χ0n) is 15.8. The highest BCUT2D eigenvalue weighted by molar-refractivity contribution is 7.09. The van der Waals surface area contributed by atoms with Gasteiger partial charge in [-0.15, -0.1) is 11.3 Å². The summed E-state index contributed by atoms with van der Waals surface area (Å²) in [6.07, 6.45) is 0.985. The minimum atomic E-state index is -4.42. The van der Waals surface area contributed by atoms with Crippen LogP contribution < -0.4 is 10.6 Å². The molecule has 0 aliphatic carbocycles. The Morgan fingerprint density at radius 3 is 2.76 bits per heavy atom. The number of aromatic nitrogens is 3. The van der Waals surface area contributed by atoms with Crippen LogP contribution in [0, 0.1) is 0 Å². The van der Waals surface area contributed by atoms with Gasteiger partial charge in [-0.3, -0.25) is 0 Å². The zero-order valence-corrected chi connectivity index (χ0v) is 16.6. The smallest absolute Gasteiger partial charge is 0.357 e. The van der Waals surface area contributed by atoms with Crippen LogP contribution >= 0.6 is 11.3 Å². The van der Waals surface area contributed by atoms with Crippen LogP contribution in [-0.4, -0.2) is 27.0 Å². The Labute approximate surface area is 170 Å². The summed E-state index contributed by atoms with van der Waals surface area (Å²) in [5, 5.41) is 7.50. The highest BCUT2D eigenvalue weighted by Crippen LogP contribution is 2.29. The Balaban J connectivity index is 1.61. The van der Waals surface area contributed by atoms with Gasteiger partial charge in [0.05, 0.1) is 19.4 Å². The second-order valence-electron chi connectivity index (χ2n) is 6.23. The fourth-order valence-electron chi connectivity index (χ4n) is 2.61. The van der Waals surface area contributed by atoms with E-state index in [4.69, 9.17) is 0 Å². The number of hydrogen-bond donors (Lipinski definition) is 2. The molecule has 0 saturated heterocycles. The lowest BCUT2D eigenvalue weighted by molar-refractivity contribution is -0.140. The predicted octanol–water partition coefficient (Wildman–Crippen LogP) is 3.66. The Hall–Kier alpha value is -2.88. The average molecular weight is 422 g/mol. The molecule has 3 rings (SSSR count). The fraction of sp³-hybridized carbons (Fsp3) is 0.316. The molecule has 1 aromatic carbocycles. The molecule has 0 bridgehead atoms. The van der Waals surface area contributed by atoms with Gasteiger partial charge >= 0.3 is 6.18 Å². The van der Waals surface area contributed by atoms with E-state index >= 15 is 0 Å². The molecular formula is C19H21F3N6S. The monoisotopic (exact) mass is 422 g/mol. The molecule has 3 aromatic rings. The Kier molecular flexibility index (Phi) is 6.86. The second-order valence-corrected chi connectivity index (χ2v) is 7.17. The van der Waals surface area contributed by atoms with Gasteiger partial charge in [-0.25, -0.2) is 15.0 Å². The third-order valence-electron chi connectivity index (χ3n) is 3.93. The molecule has 0 aliphatic rings. The van der Waals surface area contributed by atoms with E-state index in [2.05, 4.69) is 31.7 Å². The number of nitrogens with zero attached hydrogens (tertiary/aromatic N) is 4. The summed E-state index contributed by atoms with van der Waals surface area (Å²) in [6.45, 7) is 3.90. The second kappa shape index (κ2) is 9.55. The van der Waals surface area contributed by atoms with Crippen molar-refractivity contribution >= 4 is 17.3 Å². The summed E-state index contributed by atoms with van der Waals surface area (Å²) in [5.74, 6) is 0.524. The summed E-state index contributed by atoms with van der Waals surface area (Å²) in [7, 11) is 0. The van der Waals surface area contributed by atoms with E-state index in [0.29, 0.717) is 24.1 Å². The molecule has 0 unspecified atom stereocenters. The number of thiazole rings is 1. The normalized spacial score (nSPS) is 12.2. The first kappa shape index (κ1) is 20.8. The van der Waals surface area contributed by atoms with Crippen molar-refractivity contribution in [2.45, 2.75) is 32.7 Å². The van der Waals surface area contributed by atoms with Crippen LogP contribution in [0.25, 0.3) is 0 Å². The van der Waals surface area contributed by atoms with Crippen molar-refractivity contribution in [1.29, 1.82) is 0 Å². The van der Waals surface area contributed by atoms with Crippen LogP contribution in [0.2, 0.25) is 0 Å². The molecule has 10 heteroatoms. The van der Waals surface area contributed by atoms with Crippen molar-refractivity contribution in [3.8, 4) is 0 Å². The lowest BCUT2D eigenvalue weighted by atomic mass is 10.1. The first-order valence-electron chi connectivity index (χ1n) is 9.01.